The molecule has 11 nitrogen and oxygen atoms in total. The number of nitrogens with zero attached hydrogens (tertiary/aromatic N) is 6. The number of fused-ring (bicyclic) bond motifs is 5. The van der Waals surface area contributed by atoms with E-state index in [2.05, 4.69) is 15.9 Å². The molecule has 3 aromatic heterocycles. The van der Waals surface area contributed by atoms with Crippen LogP contribution in [0.5, 0.6) is 5.75 Å². The standard InChI is InChI=1S/C38H30BrClN6O5S/c1-19-24-16-21(40)10-12-30(24)52-33(19)27-18-31(42(3)41-27)45-34(48)26-17-28-23(32(38(26,2)35(45)49)25-15-20(39)9-11-29(25)47)13-14-43-36(50)44(37(51)46(28)43)22-7-5-4-6-8-22/h4-13,15-16,18,26,28,32,47H,14,17H2,1-3H3/t26-,28+,32+,38+/m0/s1. The first kappa shape index (κ1) is 32.9. The van der Waals surface area contributed by atoms with E-state index in [0.717, 1.165) is 25.1 Å². The average molecular weight is 798 g/mol. The van der Waals surface area contributed by atoms with Crippen molar-refractivity contribution >= 4 is 66.6 Å². The monoisotopic (exact) mass is 796 g/mol. The van der Waals surface area contributed by atoms with Gasteiger partial charge in [0.05, 0.1) is 34.5 Å². The minimum Gasteiger partial charge on any atom is -0.508 e. The number of phenolic OH excluding ortho intramolecular Hbond substituents is 1. The second-order valence-corrected chi connectivity index (χ2v) is 16.2. The maximum atomic E-state index is 15.0. The number of rotatable bonds is 4. The lowest BCUT2D eigenvalue weighted by Gasteiger charge is -2.47. The van der Waals surface area contributed by atoms with E-state index in [1.165, 1.54) is 14.3 Å². The molecule has 9 rings (SSSR count). The predicted octanol–water partition coefficient (Wildman–Crippen LogP) is 6.71. The van der Waals surface area contributed by atoms with Crippen molar-refractivity contribution in [2.45, 2.75) is 38.8 Å². The summed E-state index contributed by atoms with van der Waals surface area (Å²) in [4.78, 5) is 59.9. The lowest BCUT2D eigenvalue weighted by molar-refractivity contribution is -0.129. The van der Waals surface area contributed by atoms with Crippen LogP contribution in [-0.4, -0.2) is 40.6 Å². The molecule has 5 heterocycles. The Kier molecular flexibility index (Phi) is 7.28. The molecular formula is C38H30BrClN6O5S. The fraction of sp³-hybridized carbons (Fsp3) is 0.237. The third-order valence-electron chi connectivity index (χ3n) is 11.1. The lowest BCUT2D eigenvalue weighted by atomic mass is 9.56. The predicted molar refractivity (Wildman–Crippen MR) is 202 cm³/mol. The van der Waals surface area contributed by atoms with Gasteiger partial charge in [-0.2, -0.15) is 5.10 Å². The van der Waals surface area contributed by atoms with Crippen molar-refractivity contribution in [3.63, 3.8) is 0 Å². The van der Waals surface area contributed by atoms with Gasteiger partial charge in [0.15, 0.2) is 0 Å². The van der Waals surface area contributed by atoms with Crippen molar-refractivity contribution in [2.75, 3.05) is 4.90 Å². The zero-order valence-corrected chi connectivity index (χ0v) is 31.2. The Hall–Kier alpha value is -4.98. The molecule has 4 atom stereocenters. The number of thiophene rings is 1. The van der Waals surface area contributed by atoms with Crippen LogP contribution in [0.15, 0.2) is 98.5 Å². The normalized spacial score (nSPS) is 22.4. The van der Waals surface area contributed by atoms with Crippen molar-refractivity contribution in [1.29, 1.82) is 0 Å². The number of carbonyl (C=O) groups is 2. The zero-order valence-electron chi connectivity index (χ0n) is 28.1. The second kappa shape index (κ2) is 11.5. The highest BCUT2D eigenvalue weighted by Crippen LogP contribution is 2.62. The molecule has 2 amide bonds. The fourth-order valence-electron chi connectivity index (χ4n) is 8.61. The van der Waals surface area contributed by atoms with Crippen molar-refractivity contribution in [1.82, 2.24) is 23.7 Å². The first-order valence-electron chi connectivity index (χ1n) is 16.7. The first-order chi connectivity index (χ1) is 24.9. The average Bonchev–Trinajstić information content (AvgIpc) is 3.80. The van der Waals surface area contributed by atoms with Gasteiger partial charge >= 0.3 is 11.4 Å². The first-order valence-corrected chi connectivity index (χ1v) is 18.7. The molecule has 3 aromatic carbocycles. The van der Waals surface area contributed by atoms with Crippen LogP contribution in [0.3, 0.4) is 0 Å². The molecule has 0 unspecified atom stereocenters. The van der Waals surface area contributed by atoms with E-state index >= 15 is 4.79 Å². The summed E-state index contributed by atoms with van der Waals surface area (Å²) < 4.78 is 7.20. The Morgan fingerprint density at radius 1 is 1.00 bits per heavy atom. The highest BCUT2D eigenvalue weighted by atomic mass is 79.9. The maximum absolute atomic E-state index is 15.0. The van der Waals surface area contributed by atoms with Crippen LogP contribution in [0.4, 0.5) is 5.82 Å². The van der Waals surface area contributed by atoms with Gasteiger partial charge in [0.2, 0.25) is 11.8 Å². The number of aryl methyl sites for hydroxylation is 2. The summed E-state index contributed by atoms with van der Waals surface area (Å²) in [7, 11) is 1.70. The highest BCUT2D eigenvalue weighted by Gasteiger charge is 2.66. The van der Waals surface area contributed by atoms with Gasteiger partial charge in [-0.15, -0.1) is 11.3 Å². The number of hydrogen-bond acceptors (Lipinski definition) is 7. The lowest BCUT2D eigenvalue weighted by Crippen LogP contribution is -2.49. The van der Waals surface area contributed by atoms with Crippen LogP contribution in [0.2, 0.25) is 5.02 Å². The number of hydrogen-bond donors (Lipinski definition) is 1. The molecule has 1 N–H and O–H groups in total. The largest absolute Gasteiger partial charge is 0.508 e. The molecule has 2 aliphatic heterocycles. The van der Waals surface area contributed by atoms with Gasteiger partial charge in [-0.05, 0) is 85.3 Å². The molecular weight excluding hydrogens is 768 g/mol. The van der Waals surface area contributed by atoms with Crippen molar-refractivity contribution in [3.8, 4) is 22.0 Å². The fourth-order valence-corrected chi connectivity index (χ4v) is 10.3. The van der Waals surface area contributed by atoms with E-state index < -0.39 is 46.5 Å². The molecule has 1 aliphatic carbocycles. The van der Waals surface area contributed by atoms with Gasteiger partial charge in [-0.3, -0.25) is 14.3 Å². The number of allylic oxidation sites excluding steroid dienone is 2. The number of phenols is 1. The Morgan fingerprint density at radius 2 is 1.77 bits per heavy atom. The summed E-state index contributed by atoms with van der Waals surface area (Å²) in [6, 6.07) is 20.4. The van der Waals surface area contributed by atoms with E-state index in [-0.39, 0.29) is 18.7 Å². The summed E-state index contributed by atoms with van der Waals surface area (Å²) in [5.74, 6) is -2.32. The number of carbonyl (C=O) groups excluding carboxylic acids is 2. The third kappa shape index (κ3) is 4.45. The van der Waals surface area contributed by atoms with E-state index in [9.17, 15) is 19.5 Å². The Morgan fingerprint density at radius 3 is 2.54 bits per heavy atom. The number of anilines is 1. The van der Waals surface area contributed by atoms with E-state index in [1.807, 2.05) is 31.2 Å². The molecule has 6 aromatic rings. The molecule has 3 aliphatic rings. The van der Waals surface area contributed by atoms with Crippen molar-refractivity contribution in [2.24, 2.45) is 18.4 Å². The molecule has 262 valence electrons. The van der Waals surface area contributed by atoms with Gasteiger partial charge in [0.1, 0.15) is 17.3 Å². The minimum absolute atomic E-state index is 0.0475. The van der Waals surface area contributed by atoms with Gasteiger partial charge in [-0.25, -0.2) is 28.4 Å². The van der Waals surface area contributed by atoms with Crippen LogP contribution in [0.25, 0.3) is 26.3 Å². The van der Waals surface area contributed by atoms with Gasteiger partial charge in [0, 0.05) is 38.8 Å². The van der Waals surface area contributed by atoms with Crippen LogP contribution in [0, 0.1) is 18.3 Å². The Labute approximate surface area is 313 Å². The molecule has 1 saturated heterocycles. The number of benzene rings is 3. The molecule has 0 bridgehead atoms. The van der Waals surface area contributed by atoms with Crippen molar-refractivity contribution in [3.05, 3.63) is 126 Å². The summed E-state index contributed by atoms with van der Waals surface area (Å²) in [6.45, 7) is 3.84. The number of aromatic hydroxyl groups is 1. The summed E-state index contributed by atoms with van der Waals surface area (Å²) in [5.41, 5.74) is 0.759. The zero-order chi connectivity index (χ0) is 36.4. The number of amides is 2. The van der Waals surface area contributed by atoms with Crippen LogP contribution in [0.1, 0.15) is 36.4 Å². The smallest absolute Gasteiger partial charge is 0.352 e. The second-order valence-electron chi connectivity index (χ2n) is 13.8. The van der Waals surface area contributed by atoms with Crippen LogP contribution >= 0.6 is 38.9 Å². The van der Waals surface area contributed by atoms with E-state index in [0.29, 0.717) is 37.8 Å². The topological polar surface area (TPSA) is 124 Å². The summed E-state index contributed by atoms with van der Waals surface area (Å²) in [5, 5.41) is 17.8. The number of aromatic nitrogens is 5. The van der Waals surface area contributed by atoms with E-state index in [1.54, 1.807) is 84.6 Å². The molecule has 0 radical (unpaired) electrons. The van der Waals surface area contributed by atoms with E-state index in [4.69, 9.17) is 16.7 Å². The Balaban J connectivity index is 1.20. The quantitative estimate of drug-likeness (QED) is 0.156. The van der Waals surface area contributed by atoms with Gasteiger partial charge < -0.3 is 5.11 Å². The van der Waals surface area contributed by atoms with Crippen LogP contribution in [-0.2, 0) is 23.2 Å². The number of imide groups is 1. The molecule has 2 fully saturated rings. The van der Waals surface area contributed by atoms with Gasteiger partial charge in [-0.1, -0.05) is 51.8 Å². The summed E-state index contributed by atoms with van der Waals surface area (Å²) >= 11 is 11.4. The number of para-hydroxylation sites is 1. The Bertz CT molecular complexity index is 2690. The molecule has 52 heavy (non-hydrogen) atoms. The summed E-state index contributed by atoms with van der Waals surface area (Å²) in [6.07, 6.45) is 1.96. The minimum atomic E-state index is -1.36. The molecule has 0 spiro atoms. The SMILES string of the molecule is Cc1c(-c2cc(N3C(=O)[C@@H]4C[C@@H]5C(=CCn6c(=O)n(-c7ccccc7)c(=O)n65)[C@H](c5cc(Br)ccc5O)[C@]4(C)C3=O)n(C)n2)sc2ccc(Cl)cc12. The number of halogens is 2. The van der Waals surface area contributed by atoms with Crippen molar-refractivity contribution < 1.29 is 14.7 Å². The molecule has 14 heteroatoms. The maximum Gasteiger partial charge on any atom is 0.352 e. The van der Waals surface area contributed by atoms with Gasteiger partial charge in [0.25, 0.3) is 0 Å². The highest BCUT2D eigenvalue weighted by molar-refractivity contribution is 9.10. The van der Waals surface area contributed by atoms with Crippen LogP contribution < -0.4 is 16.3 Å². The molecule has 1 saturated carbocycles. The third-order valence-corrected chi connectivity index (χ3v) is 13.1.